The molecule has 0 unspecified atom stereocenters. The van der Waals surface area contributed by atoms with E-state index < -0.39 is 0 Å². The molecule has 0 amide bonds. The first-order chi connectivity index (χ1) is 10.3. The van der Waals surface area contributed by atoms with E-state index in [2.05, 4.69) is 91.7 Å². The van der Waals surface area contributed by atoms with Crippen molar-refractivity contribution >= 4 is 6.21 Å². The van der Waals surface area contributed by atoms with Gasteiger partial charge < -0.3 is 4.74 Å². The number of nitrogens with one attached hydrogen (secondary N) is 1. The number of ether oxygens (including phenoxy) is 1. The lowest BCUT2D eigenvalue weighted by Crippen LogP contribution is -2.64. The van der Waals surface area contributed by atoms with Gasteiger partial charge in [-0.15, -0.1) is 0 Å². The molecule has 0 atom stereocenters. The summed E-state index contributed by atoms with van der Waals surface area (Å²) in [4.78, 5) is 3.44. The molecule has 0 bridgehead atoms. The lowest BCUT2D eigenvalue weighted by Gasteiger charge is -2.32. The average molecular weight is 314 g/mol. The maximum atomic E-state index is 6.23. The molecule has 2 aliphatic heterocycles. The Morgan fingerprint density at radius 3 is 1.52 bits per heavy atom. The van der Waals surface area contributed by atoms with Crippen LogP contribution in [-0.2, 0) is 4.74 Å². The van der Waals surface area contributed by atoms with Crippen LogP contribution in [0.3, 0.4) is 0 Å². The van der Waals surface area contributed by atoms with E-state index in [9.17, 15) is 0 Å². The SMILES string of the molecule is CC(C)(C)C1=CC(=C2C=C(C(C)(C)C)OC(C(C)(C)C)=C2)[NH+]=C1. The third-order valence-electron chi connectivity index (χ3n) is 4.13. The molecule has 0 aliphatic carbocycles. The molecule has 0 aromatic carbocycles. The summed E-state index contributed by atoms with van der Waals surface area (Å²) in [6, 6.07) is 0. The Morgan fingerprint density at radius 2 is 1.17 bits per heavy atom. The highest BCUT2D eigenvalue weighted by Crippen LogP contribution is 2.39. The summed E-state index contributed by atoms with van der Waals surface area (Å²) in [5, 5.41) is 0. The van der Waals surface area contributed by atoms with Gasteiger partial charge in [0.2, 0.25) is 5.70 Å². The van der Waals surface area contributed by atoms with Gasteiger partial charge in [0.05, 0.1) is 5.57 Å². The molecule has 1 N–H and O–H groups in total. The van der Waals surface area contributed by atoms with E-state index in [1.165, 1.54) is 11.1 Å². The summed E-state index contributed by atoms with van der Waals surface area (Å²) < 4.78 is 6.23. The van der Waals surface area contributed by atoms with Crippen LogP contribution in [0.15, 0.2) is 46.6 Å². The molecule has 2 aliphatic rings. The normalized spacial score (nSPS) is 19.4. The Balaban J connectivity index is 2.55. The Bertz CT molecular complexity index is 615. The number of rotatable bonds is 0. The van der Waals surface area contributed by atoms with Crippen LogP contribution in [0.25, 0.3) is 0 Å². The summed E-state index contributed by atoms with van der Waals surface area (Å²) in [7, 11) is 0. The van der Waals surface area contributed by atoms with Gasteiger partial charge in [0.15, 0.2) is 6.21 Å². The summed E-state index contributed by atoms with van der Waals surface area (Å²) in [5.41, 5.74) is 3.78. The lowest BCUT2D eigenvalue weighted by atomic mass is 9.85. The molecule has 2 rings (SSSR count). The molecule has 0 aromatic rings. The second-order valence-electron chi connectivity index (χ2n) is 9.63. The Morgan fingerprint density at radius 1 is 0.696 bits per heavy atom. The largest absolute Gasteiger partial charge is 0.465 e. The van der Waals surface area contributed by atoms with Gasteiger partial charge in [-0.2, -0.15) is 0 Å². The zero-order chi connectivity index (χ0) is 17.6. The first-order valence-electron chi connectivity index (χ1n) is 8.47. The van der Waals surface area contributed by atoms with Crippen LogP contribution < -0.4 is 4.99 Å². The van der Waals surface area contributed by atoms with Crippen molar-refractivity contribution in [2.75, 3.05) is 0 Å². The van der Waals surface area contributed by atoms with Crippen LogP contribution in [-0.4, -0.2) is 6.21 Å². The summed E-state index contributed by atoms with van der Waals surface area (Å²) in [6.45, 7) is 19.9. The maximum absolute atomic E-state index is 6.23. The van der Waals surface area contributed by atoms with Gasteiger partial charge in [0, 0.05) is 22.5 Å². The van der Waals surface area contributed by atoms with Gasteiger partial charge in [-0.3, -0.25) is 0 Å². The zero-order valence-corrected chi connectivity index (χ0v) is 16.2. The molecule has 126 valence electrons. The second kappa shape index (κ2) is 5.51. The molecule has 0 fully saturated rings. The molecule has 2 nitrogen and oxygen atoms in total. The highest BCUT2D eigenvalue weighted by molar-refractivity contribution is 5.79. The van der Waals surface area contributed by atoms with Crippen LogP contribution >= 0.6 is 0 Å². The fraction of sp³-hybridized carbons (Fsp3) is 0.571. The van der Waals surface area contributed by atoms with Gasteiger partial charge in [0.1, 0.15) is 11.5 Å². The molecule has 23 heavy (non-hydrogen) atoms. The first-order valence-corrected chi connectivity index (χ1v) is 8.47. The predicted molar refractivity (Wildman–Crippen MR) is 97.8 cm³/mol. The fourth-order valence-electron chi connectivity index (χ4n) is 2.39. The summed E-state index contributed by atoms with van der Waals surface area (Å²) in [6.07, 6.45) is 8.72. The molecule has 0 spiro atoms. The predicted octanol–water partition coefficient (Wildman–Crippen LogP) is 4.27. The zero-order valence-electron chi connectivity index (χ0n) is 16.2. The highest BCUT2D eigenvalue weighted by Gasteiger charge is 2.31. The Labute approximate surface area is 141 Å². The van der Waals surface area contributed by atoms with Crippen LogP contribution in [0.2, 0.25) is 0 Å². The third kappa shape index (κ3) is 4.04. The van der Waals surface area contributed by atoms with Crippen LogP contribution in [0.4, 0.5) is 0 Å². The van der Waals surface area contributed by atoms with Crippen molar-refractivity contribution in [3.8, 4) is 0 Å². The number of hydrogen-bond acceptors (Lipinski definition) is 1. The van der Waals surface area contributed by atoms with E-state index >= 15 is 0 Å². The monoisotopic (exact) mass is 314 g/mol. The van der Waals surface area contributed by atoms with E-state index in [4.69, 9.17) is 4.74 Å². The first kappa shape index (κ1) is 17.8. The minimum Gasteiger partial charge on any atom is -0.465 e. The van der Waals surface area contributed by atoms with Crippen LogP contribution in [0, 0.1) is 16.2 Å². The maximum Gasteiger partial charge on any atom is 0.211 e. The van der Waals surface area contributed by atoms with Crippen molar-refractivity contribution in [1.82, 2.24) is 0 Å². The lowest BCUT2D eigenvalue weighted by molar-refractivity contribution is -0.381. The number of hydrogen-bond donors (Lipinski definition) is 1. The minimum absolute atomic E-state index is 0.0184. The third-order valence-corrected chi connectivity index (χ3v) is 4.13. The standard InChI is InChI=1S/C21H31NO/c1-19(2,3)15-12-16(22-13-15)14-10-17(20(4,5)6)23-18(11-14)21(7,8)9/h10-13H,1-9H3/p+1. The smallest absolute Gasteiger partial charge is 0.211 e. The van der Waals surface area contributed by atoms with Crippen molar-refractivity contribution in [3.63, 3.8) is 0 Å². The van der Waals surface area contributed by atoms with Crippen molar-refractivity contribution < 1.29 is 9.73 Å². The van der Waals surface area contributed by atoms with E-state index in [1.54, 1.807) is 0 Å². The van der Waals surface area contributed by atoms with E-state index in [0.717, 1.165) is 17.2 Å². The highest BCUT2D eigenvalue weighted by atomic mass is 16.5. The average Bonchev–Trinajstić information content (AvgIpc) is 2.85. The molecule has 0 radical (unpaired) electrons. The number of allylic oxidation sites excluding steroid dienone is 7. The molecule has 0 saturated carbocycles. The second-order valence-corrected chi connectivity index (χ2v) is 9.63. The van der Waals surface area contributed by atoms with Crippen LogP contribution in [0.5, 0.6) is 0 Å². The van der Waals surface area contributed by atoms with Gasteiger partial charge in [0.25, 0.3) is 0 Å². The van der Waals surface area contributed by atoms with E-state index in [0.29, 0.717) is 0 Å². The van der Waals surface area contributed by atoms with Crippen molar-refractivity contribution in [2.24, 2.45) is 16.2 Å². The quantitative estimate of drug-likeness (QED) is 0.709. The molecular formula is C21H32NO+. The van der Waals surface area contributed by atoms with Crippen molar-refractivity contribution in [1.29, 1.82) is 0 Å². The fourth-order valence-corrected chi connectivity index (χ4v) is 2.39. The molecular weight excluding hydrogens is 282 g/mol. The molecule has 2 heteroatoms. The minimum atomic E-state index is -0.0184. The van der Waals surface area contributed by atoms with E-state index in [1.807, 2.05) is 0 Å². The summed E-state index contributed by atoms with van der Waals surface area (Å²) >= 11 is 0. The van der Waals surface area contributed by atoms with Crippen LogP contribution in [0.1, 0.15) is 62.3 Å². The van der Waals surface area contributed by atoms with Crippen molar-refractivity contribution in [3.05, 3.63) is 46.6 Å². The molecule has 2 heterocycles. The van der Waals surface area contributed by atoms with Gasteiger partial charge in [-0.1, -0.05) is 62.3 Å². The van der Waals surface area contributed by atoms with Crippen molar-refractivity contribution in [2.45, 2.75) is 62.3 Å². The molecule has 0 saturated heterocycles. The van der Waals surface area contributed by atoms with Gasteiger partial charge in [-0.25, -0.2) is 4.99 Å². The molecule has 0 aromatic heterocycles. The Kier molecular flexibility index (Phi) is 4.26. The van der Waals surface area contributed by atoms with Gasteiger partial charge >= 0.3 is 0 Å². The van der Waals surface area contributed by atoms with E-state index in [-0.39, 0.29) is 16.2 Å². The Hall–Kier alpha value is -1.57. The summed E-state index contributed by atoms with van der Waals surface area (Å²) in [5.74, 6) is 2.04. The van der Waals surface area contributed by atoms with Gasteiger partial charge in [-0.05, 0) is 17.6 Å². The topological polar surface area (TPSA) is 23.2 Å².